The fourth-order valence-electron chi connectivity index (χ4n) is 1.26. The number of hydrogen-bond donors (Lipinski definition) is 1. The van der Waals surface area contributed by atoms with Crippen LogP contribution in [0.2, 0.25) is 0 Å². The molecule has 2 N–H and O–H groups in total. The van der Waals surface area contributed by atoms with E-state index in [2.05, 4.69) is 0 Å². The number of nitrogens with two attached hydrogens (primary N) is 1. The van der Waals surface area contributed by atoms with Gasteiger partial charge in [0.05, 0.1) is 6.54 Å². The molecule has 0 aliphatic rings. The number of benzene rings is 1. The lowest BCUT2D eigenvalue weighted by atomic mass is 10.1. The number of hydrogen-bond acceptors (Lipinski definition) is 2. The standard InChI is InChI=1S/C11H13ClN2O2/c1-14(7-10(13)15)11(16)9-4-2-8(6-12)3-5-9/h2-5H,6-7H2,1H3,(H2,13,15). The molecule has 1 aromatic rings. The van der Waals surface area contributed by atoms with E-state index in [0.29, 0.717) is 11.4 Å². The van der Waals surface area contributed by atoms with Crippen molar-refractivity contribution >= 4 is 23.4 Å². The van der Waals surface area contributed by atoms with Crippen LogP contribution in [0.15, 0.2) is 24.3 Å². The lowest BCUT2D eigenvalue weighted by Gasteiger charge is -2.14. The molecular weight excluding hydrogens is 228 g/mol. The number of amides is 2. The van der Waals surface area contributed by atoms with E-state index in [4.69, 9.17) is 17.3 Å². The molecule has 0 saturated carbocycles. The molecule has 0 aliphatic carbocycles. The molecule has 1 rings (SSSR count). The largest absolute Gasteiger partial charge is 0.368 e. The van der Waals surface area contributed by atoms with Gasteiger partial charge in [-0.3, -0.25) is 9.59 Å². The molecule has 0 aromatic heterocycles. The maximum atomic E-state index is 11.8. The highest BCUT2D eigenvalue weighted by Gasteiger charge is 2.12. The monoisotopic (exact) mass is 240 g/mol. The first-order chi connectivity index (χ1) is 7.54. The lowest BCUT2D eigenvalue weighted by molar-refractivity contribution is -0.118. The molecule has 0 saturated heterocycles. The van der Waals surface area contributed by atoms with Crippen LogP contribution in [0.1, 0.15) is 15.9 Å². The quantitative estimate of drug-likeness (QED) is 0.798. The summed E-state index contributed by atoms with van der Waals surface area (Å²) in [4.78, 5) is 23.7. The molecular formula is C11H13ClN2O2. The zero-order valence-corrected chi connectivity index (χ0v) is 9.70. The van der Waals surface area contributed by atoms with Gasteiger partial charge in [-0.15, -0.1) is 11.6 Å². The van der Waals surface area contributed by atoms with Crippen molar-refractivity contribution in [3.63, 3.8) is 0 Å². The second kappa shape index (κ2) is 5.51. The van der Waals surface area contributed by atoms with Crippen LogP contribution < -0.4 is 5.73 Å². The average Bonchev–Trinajstić information content (AvgIpc) is 2.27. The number of primary amides is 1. The Kier molecular flexibility index (Phi) is 4.31. The van der Waals surface area contributed by atoms with Crippen molar-refractivity contribution < 1.29 is 9.59 Å². The molecule has 0 spiro atoms. The third-order valence-corrected chi connectivity index (χ3v) is 2.40. The summed E-state index contributed by atoms with van der Waals surface area (Å²) in [7, 11) is 1.53. The van der Waals surface area contributed by atoms with Gasteiger partial charge in [0.1, 0.15) is 0 Å². The summed E-state index contributed by atoms with van der Waals surface area (Å²) < 4.78 is 0. The van der Waals surface area contributed by atoms with Gasteiger partial charge < -0.3 is 10.6 Å². The van der Waals surface area contributed by atoms with E-state index < -0.39 is 5.91 Å². The number of halogens is 1. The Morgan fingerprint density at radius 2 is 1.88 bits per heavy atom. The van der Waals surface area contributed by atoms with Crippen LogP contribution in [0.4, 0.5) is 0 Å². The van der Waals surface area contributed by atoms with Gasteiger partial charge in [0.15, 0.2) is 0 Å². The smallest absolute Gasteiger partial charge is 0.254 e. The number of nitrogens with zero attached hydrogens (tertiary/aromatic N) is 1. The fraction of sp³-hybridized carbons (Fsp3) is 0.273. The second-order valence-electron chi connectivity index (χ2n) is 3.46. The van der Waals surface area contributed by atoms with Crippen LogP contribution in [-0.4, -0.2) is 30.3 Å². The van der Waals surface area contributed by atoms with Gasteiger partial charge in [0.25, 0.3) is 5.91 Å². The summed E-state index contributed by atoms with van der Waals surface area (Å²) in [6, 6.07) is 6.91. The van der Waals surface area contributed by atoms with Gasteiger partial charge in [0.2, 0.25) is 5.91 Å². The van der Waals surface area contributed by atoms with Crippen LogP contribution in [0, 0.1) is 0 Å². The van der Waals surface area contributed by atoms with Gasteiger partial charge in [-0.2, -0.15) is 0 Å². The summed E-state index contributed by atoms with van der Waals surface area (Å²) in [6.07, 6.45) is 0. The van der Waals surface area contributed by atoms with Crippen molar-refractivity contribution in [2.75, 3.05) is 13.6 Å². The normalized spacial score (nSPS) is 9.88. The van der Waals surface area contributed by atoms with Crippen molar-refractivity contribution in [1.29, 1.82) is 0 Å². The Balaban J connectivity index is 2.75. The van der Waals surface area contributed by atoms with Crippen molar-refractivity contribution in [3.8, 4) is 0 Å². The first kappa shape index (κ1) is 12.5. The first-order valence-electron chi connectivity index (χ1n) is 4.73. The topological polar surface area (TPSA) is 63.4 Å². The van der Waals surface area contributed by atoms with Crippen LogP contribution in [0.5, 0.6) is 0 Å². The second-order valence-corrected chi connectivity index (χ2v) is 3.73. The molecule has 86 valence electrons. The molecule has 0 radical (unpaired) electrons. The predicted octanol–water partition coefficient (Wildman–Crippen LogP) is 0.983. The van der Waals surface area contributed by atoms with E-state index in [1.165, 1.54) is 11.9 Å². The van der Waals surface area contributed by atoms with Crippen molar-refractivity contribution in [2.45, 2.75) is 5.88 Å². The van der Waals surface area contributed by atoms with E-state index in [1.807, 2.05) is 0 Å². The zero-order chi connectivity index (χ0) is 12.1. The van der Waals surface area contributed by atoms with Gasteiger partial charge in [-0.25, -0.2) is 0 Å². The Morgan fingerprint density at radius 3 is 2.31 bits per heavy atom. The maximum Gasteiger partial charge on any atom is 0.254 e. The van der Waals surface area contributed by atoms with Crippen LogP contribution in [0.25, 0.3) is 0 Å². The summed E-state index contributed by atoms with van der Waals surface area (Å²) in [6.45, 7) is -0.0872. The van der Waals surface area contributed by atoms with E-state index in [9.17, 15) is 9.59 Å². The van der Waals surface area contributed by atoms with Gasteiger partial charge >= 0.3 is 0 Å². The molecule has 16 heavy (non-hydrogen) atoms. The Hall–Kier alpha value is -1.55. The van der Waals surface area contributed by atoms with Gasteiger partial charge in [0, 0.05) is 18.5 Å². The van der Waals surface area contributed by atoms with E-state index in [-0.39, 0.29) is 12.5 Å². The summed E-state index contributed by atoms with van der Waals surface area (Å²) in [5, 5.41) is 0. The first-order valence-corrected chi connectivity index (χ1v) is 5.26. The van der Waals surface area contributed by atoms with Crippen molar-refractivity contribution in [2.24, 2.45) is 5.73 Å². The molecule has 0 heterocycles. The zero-order valence-electron chi connectivity index (χ0n) is 8.94. The van der Waals surface area contributed by atoms with Crippen molar-refractivity contribution in [3.05, 3.63) is 35.4 Å². The molecule has 0 aliphatic heterocycles. The third-order valence-electron chi connectivity index (χ3n) is 2.09. The molecule has 0 bridgehead atoms. The highest BCUT2D eigenvalue weighted by Crippen LogP contribution is 2.08. The average molecular weight is 241 g/mol. The predicted molar refractivity (Wildman–Crippen MR) is 62.2 cm³/mol. The Bertz CT molecular complexity index is 389. The SMILES string of the molecule is CN(CC(N)=O)C(=O)c1ccc(CCl)cc1. The molecule has 0 unspecified atom stereocenters. The molecule has 0 fully saturated rings. The summed E-state index contributed by atoms with van der Waals surface area (Å²) >= 11 is 5.63. The van der Waals surface area contributed by atoms with Gasteiger partial charge in [-0.1, -0.05) is 12.1 Å². The Labute approximate surface area is 99.0 Å². The molecule has 4 nitrogen and oxygen atoms in total. The van der Waals surface area contributed by atoms with Crippen LogP contribution in [0.3, 0.4) is 0 Å². The van der Waals surface area contributed by atoms with Crippen LogP contribution in [-0.2, 0) is 10.7 Å². The maximum absolute atomic E-state index is 11.8. The van der Waals surface area contributed by atoms with E-state index >= 15 is 0 Å². The highest BCUT2D eigenvalue weighted by molar-refractivity contribution is 6.17. The fourth-order valence-corrected chi connectivity index (χ4v) is 1.44. The number of carbonyl (C=O) groups is 2. The van der Waals surface area contributed by atoms with Crippen LogP contribution >= 0.6 is 11.6 Å². The minimum absolute atomic E-state index is 0.0872. The van der Waals surface area contributed by atoms with E-state index in [0.717, 1.165) is 5.56 Å². The van der Waals surface area contributed by atoms with Crippen molar-refractivity contribution in [1.82, 2.24) is 4.90 Å². The van der Waals surface area contributed by atoms with E-state index in [1.54, 1.807) is 24.3 Å². The Morgan fingerprint density at radius 1 is 1.31 bits per heavy atom. The minimum Gasteiger partial charge on any atom is -0.368 e. The summed E-state index contributed by atoms with van der Waals surface area (Å²) in [5.74, 6) is -0.362. The number of alkyl halides is 1. The number of carbonyl (C=O) groups excluding carboxylic acids is 2. The minimum atomic E-state index is -0.534. The molecule has 2 amide bonds. The highest BCUT2D eigenvalue weighted by atomic mass is 35.5. The molecule has 5 heteroatoms. The number of rotatable bonds is 4. The summed E-state index contributed by atoms with van der Waals surface area (Å²) in [5.41, 5.74) is 6.46. The lowest BCUT2D eigenvalue weighted by Crippen LogP contribution is -2.35. The number of likely N-dealkylation sites (N-methyl/N-ethyl adjacent to an activating group) is 1. The molecule has 0 atom stereocenters. The third kappa shape index (κ3) is 3.24. The molecule has 1 aromatic carbocycles. The van der Waals surface area contributed by atoms with Gasteiger partial charge in [-0.05, 0) is 17.7 Å².